The molecule has 2 aromatic rings. The maximum Gasteiger partial charge on any atom is 0.316 e. The number of nitrogens with one attached hydrogen (secondary N) is 1. The Bertz CT molecular complexity index is 714. The highest BCUT2D eigenvalue weighted by atomic mass is 32.2. The van der Waals surface area contributed by atoms with Crippen molar-refractivity contribution in [1.82, 2.24) is 5.16 Å². The van der Waals surface area contributed by atoms with E-state index in [2.05, 4.69) is 10.5 Å². The maximum atomic E-state index is 11.8. The summed E-state index contributed by atoms with van der Waals surface area (Å²) < 4.78 is 9.71. The molecule has 1 N–H and O–H groups in total. The van der Waals surface area contributed by atoms with Crippen LogP contribution in [-0.4, -0.2) is 40.9 Å². The number of nitrogens with zero attached hydrogens (tertiary/aromatic N) is 1. The van der Waals surface area contributed by atoms with Crippen LogP contribution < -0.4 is 5.32 Å². The number of aryl methyl sites for hydroxylation is 1. The molecular formula is C16H16N2O5S. The van der Waals surface area contributed by atoms with Gasteiger partial charge < -0.3 is 14.6 Å². The molecule has 1 aromatic heterocycles. The highest BCUT2D eigenvalue weighted by molar-refractivity contribution is 8.00. The molecule has 8 heteroatoms. The van der Waals surface area contributed by atoms with Gasteiger partial charge in [-0.05, 0) is 6.92 Å². The van der Waals surface area contributed by atoms with Gasteiger partial charge in [-0.3, -0.25) is 14.4 Å². The Kier molecular flexibility index (Phi) is 6.56. The summed E-state index contributed by atoms with van der Waals surface area (Å²) in [5.74, 6) is -0.163. The van der Waals surface area contributed by atoms with E-state index in [1.807, 2.05) is 0 Å². The van der Waals surface area contributed by atoms with Gasteiger partial charge in [0.15, 0.2) is 18.2 Å². The molecule has 0 aliphatic rings. The molecule has 0 spiro atoms. The van der Waals surface area contributed by atoms with E-state index in [9.17, 15) is 14.4 Å². The van der Waals surface area contributed by atoms with Crippen molar-refractivity contribution in [2.24, 2.45) is 0 Å². The average molecular weight is 348 g/mol. The molecule has 0 fully saturated rings. The van der Waals surface area contributed by atoms with Crippen LogP contribution in [0, 0.1) is 6.92 Å². The Morgan fingerprint density at radius 2 is 1.96 bits per heavy atom. The van der Waals surface area contributed by atoms with Gasteiger partial charge in [0.2, 0.25) is 5.91 Å². The van der Waals surface area contributed by atoms with Gasteiger partial charge in [-0.15, -0.1) is 11.8 Å². The first-order chi connectivity index (χ1) is 11.5. The van der Waals surface area contributed by atoms with Gasteiger partial charge in [0.25, 0.3) is 0 Å². The number of ether oxygens (including phenoxy) is 1. The molecule has 0 unspecified atom stereocenters. The number of ketones is 1. The smallest absolute Gasteiger partial charge is 0.316 e. The van der Waals surface area contributed by atoms with Crippen LogP contribution in [0.4, 0.5) is 5.82 Å². The summed E-state index contributed by atoms with van der Waals surface area (Å²) in [5, 5.41) is 6.17. The molecule has 1 heterocycles. The summed E-state index contributed by atoms with van der Waals surface area (Å²) in [7, 11) is 0. The van der Waals surface area contributed by atoms with Crippen molar-refractivity contribution in [2.75, 3.05) is 23.4 Å². The van der Waals surface area contributed by atoms with Gasteiger partial charge >= 0.3 is 5.97 Å². The summed E-state index contributed by atoms with van der Waals surface area (Å²) in [5.41, 5.74) is 0.486. The third-order valence-corrected chi connectivity index (χ3v) is 3.71. The molecule has 7 nitrogen and oxygen atoms in total. The first-order valence-corrected chi connectivity index (χ1v) is 8.25. The van der Waals surface area contributed by atoms with Crippen LogP contribution in [0.3, 0.4) is 0 Å². The Morgan fingerprint density at radius 3 is 2.62 bits per heavy atom. The summed E-state index contributed by atoms with van der Waals surface area (Å²) in [6.45, 7) is 1.40. The van der Waals surface area contributed by atoms with Gasteiger partial charge in [-0.25, -0.2) is 0 Å². The molecule has 1 aromatic carbocycles. The van der Waals surface area contributed by atoms with Crippen LogP contribution in [0.15, 0.2) is 40.9 Å². The van der Waals surface area contributed by atoms with Crippen molar-refractivity contribution in [1.29, 1.82) is 0 Å². The molecule has 2 rings (SSSR count). The fourth-order valence-corrected chi connectivity index (χ4v) is 2.34. The monoisotopic (exact) mass is 348 g/mol. The van der Waals surface area contributed by atoms with Crippen LogP contribution in [0.5, 0.6) is 0 Å². The first kappa shape index (κ1) is 17.7. The summed E-state index contributed by atoms with van der Waals surface area (Å²) in [6, 6.07) is 10.2. The minimum atomic E-state index is -0.547. The Balaban J connectivity index is 1.62. The number of benzene rings is 1. The van der Waals surface area contributed by atoms with Crippen LogP contribution in [0.2, 0.25) is 0 Å². The molecule has 0 radical (unpaired) electrons. The zero-order chi connectivity index (χ0) is 17.4. The second-order valence-electron chi connectivity index (χ2n) is 4.81. The fourth-order valence-electron chi connectivity index (χ4n) is 1.73. The number of aromatic nitrogens is 1. The lowest BCUT2D eigenvalue weighted by Gasteiger charge is -2.04. The number of Topliss-reactive ketones (excluding diaryl/α,β-unsaturated/α-hetero) is 1. The third-order valence-electron chi connectivity index (χ3n) is 2.81. The second-order valence-corrected chi connectivity index (χ2v) is 5.80. The zero-order valence-electron chi connectivity index (χ0n) is 13.0. The lowest BCUT2D eigenvalue weighted by Crippen LogP contribution is -2.18. The van der Waals surface area contributed by atoms with Crippen molar-refractivity contribution in [3.05, 3.63) is 47.7 Å². The molecule has 126 valence electrons. The summed E-state index contributed by atoms with van der Waals surface area (Å²) in [4.78, 5) is 35.0. The highest BCUT2D eigenvalue weighted by Crippen LogP contribution is 2.09. The van der Waals surface area contributed by atoms with E-state index in [1.165, 1.54) is 0 Å². The van der Waals surface area contributed by atoms with Crippen molar-refractivity contribution in [3.8, 4) is 0 Å². The Labute approximate surface area is 142 Å². The molecule has 0 saturated carbocycles. The van der Waals surface area contributed by atoms with E-state index in [1.54, 1.807) is 43.3 Å². The first-order valence-electron chi connectivity index (χ1n) is 7.09. The molecule has 1 amide bonds. The molecule has 0 saturated heterocycles. The van der Waals surface area contributed by atoms with Crippen molar-refractivity contribution in [3.63, 3.8) is 0 Å². The van der Waals surface area contributed by atoms with E-state index < -0.39 is 5.97 Å². The molecule has 0 atom stereocenters. The van der Waals surface area contributed by atoms with Crippen LogP contribution in [-0.2, 0) is 14.3 Å². The number of hydrogen-bond donors (Lipinski definition) is 1. The van der Waals surface area contributed by atoms with Gasteiger partial charge in [-0.2, -0.15) is 0 Å². The fraction of sp³-hybridized carbons (Fsp3) is 0.250. The van der Waals surface area contributed by atoms with Crippen LogP contribution >= 0.6 is 11.8 Å². The van der Waals surface area contributed by atoms with E-state index in [0.29, 0.717) is 17.1 Å². The number of carbonyl (C=O) groups excluding carboxylic acids is 3. The second kappa shape index (κ2) is 8.88. The molecular weight excluding hydrogens is 332 g/mol. The Morgan fingerprint density at radius 1 is 1.21 bits per heavy atom. The molecule has 0 aliphatic heterocycles. The summed E-state index contributed by atoms with van der Waals surface area (Å²) in [6.07, 6.45) is 0. The maximum absolute atomic E-state index is 11.8. The van der Waals surface area contributed by atoms with Gasteiger partial charge in [0.1, 0.15) is 5.76 Å². The lowest BCUT2D eigenvalue weighted by atomic mass is 10.1. The lowest BCUT2D eigenvalue weighted by molar-refractivity contribution is -0.139. The molecule has 0 aliphatic carbocycles. The van der Waals surface area contributed by atoms with Crippen molar-refractivity contribution < 1.29 is 23.6 Å². The van der Waals surface area contributed by atoms with E-state index in [-0.39, 0.29) is 29.8 Å². The average Bonchev–Trinajstić information content (AvgIpc) is 2.98. The van der Waals surface area contributed by atoms with E-state index >= 15 is 0 Å². The number of rotatable bonds is 8. The molecule has 0 bridgehead atoms. The van der Waals surface area contributed by atoms with E-state index in [4.69, 9.17) is 9.26 Å². The van der Waals surface area contributed by atoms with Crippen LogP contribution in [0.1, 0.15) is 16.1 Å². The summed E-state index contributed by atoms with van der Waals surface area (Å²) >= 11 is 1.09. The standard InChI is InChI=1S/C16H16N2O5S/c1-11-7-14(18-23-11)17-15(20)9-24-10-16(21)22-8-13(19)12-5-3-2-4-6-12/h2-7H,8-10H2,1H3,(H,17,18,20). The molecule has 24 heavy (non-hydrogen) atoms. The topological polar surface area (TPSA) is 98.5 Å². The quantitative estimate of drug-likeness (QED) is 0.576. The third kappa shape index (κ3) is 5.88. The number of anilines is 1. The predicted octanol–water partition coefficient (Wildman–Crippen LogP) is 2.08. The minimum Gasteiger partial charge on any atom is -0.457 e. The number of hydrogen-bond acceptors (Lipinski definition) is 7. The van der Waals surface area contributed by atoms with Crippen molar-refractivity contribution >= 4 is 35.2 Å². The van der Waals surface area contributed by atoms with Crippen molar-refractivity contribution in [2.45, 2.75) is 6.92 Å². The number of amides is 1. The minimum absolute atomic E-state index is 0.0205. The number of thioether (sulfide) groups is 1. The van der Waals surface area contributed by atoms with Crippen LogP contribution in [0.25, 0.3) is 0 Å². The number of esters is 1. The van der Waals surface area contributed by atoms with Gasteiger partial charge in [0, 0.05) is 11.6 Å². The highest BCUT2D eigenvalue weighted by Gasteiger charge is 2.11. The predicted molar refractivity (Wildman–Crippen MR) is 88.9 cm³/mol. The number of carbonyl (C=O) groups is 3. The van der Waals surface area contributed by atoms with E-state index in [0.717, 1.165) is 11.8 Å². The SMILES string of the molecule is Cc1cc(NC(=O)CSCC(=O)OCC(=O)c2ccccc2)no1. The zero-order valence-corrected chi connectivity index (χ0v) is 13.8. The van der Waals surface area contributed by atoms with Gasteiger partial charge in [-0.1, -0.05) is 35.5 Å². The normalized spacial score (nSPS) is 10.2. The van der Waals surface area contributed by atoms with Gasteiger partial charge in [0.05, 0.1) is 11.5 Å². The largest absolute Gasteiger partial charge is 0.457 e. The Hall–Kier alpha value is -2.61.